The Morgan fingerprint density at radius 3 is 3.00 bits per heavy atom. The fraction of sp³-hybridized carbons (Fsp3) is 0.417. The first-order valence-electron chi connectivity index (χ1n) is 5.79. The van der Waals surface area contributed by atoms with Crippen LogP contribution in [0.5, 0.6) is 0 Å². The molecule has 1 amide bonds. The van der Waals surface area contributed by atoms with Gasteiger partial charge in [-0.1, -0.05) is 0 Å². The van der Waals surface area contributed by atoms with Gasteiger partial charge in [0.2, 0.25) is 0 Å². The molecule has 0 atom stereocenters. The lowest BCUT2D eigenvalue weighted by atomic mass is 10.0. The fourth-order valence-corrected chi connectivity index (χ4v) is 2.02. The molecule has 3 heterocycles. The van der Waals surface area contributed by atoms with Gasteiger partial charge >= 0.3 is 0 Å². The molecule has 0 aromatic carbocycles. The number of carbonyl (C=O) groups is 1. The van der Waals surface area contributed by atoms with Crippen molar-refractivity contribution < 1.29 is 9.53 Å². The predicted molar refractivity (Wildman–Crippen MR) is 64.4 cm³/mol. The molecule has 1 aliphatic heterocycles. The van der Waals surface area contributed by atoms with Crippen molar-refractivity contribution in [2.45, 2.75) is 19.4 Å². The number of rotatable bonds is 2. The number of amides is 1. The van der Waals surface area contributed by atoms with Gasteiger partial charge in [-0.3, -0.25) is 4.79 Å². The van der Waals surface area contributed by atoms with E-state index < -0.39 is 0 Å². The molecule has 18 heavy (non-hydrogen) atoms. The summed E-state index contributed by atoms with van der Waals surface area (Å²) in [6.45, 7) is 4.91. The molecule has 6 nitrogen and oxygen atoms in total. The highest BCUT2D eigenvalue weighted by atomic mass is 16.5. The standard InChI is InChI=1S/C12H14N4O2/c1-8-5-9(16-10(14-8)3-4-13-16)11(17)15-12(2)6-18-7-12/h3-5H,6-7H2,1-2H3,(H,15,17). The van der Waals surface area contributed by atoms with Crippen molar-refractivity contribution in [2.75, 3.05) is 13.2 Å². The van der Waals surface area contributed by atoms with Crippen LogP contribution < -0.4 is 5.32 Å². The number of nitrogens with one attached hydrogen (secondary N) is 1. The summed E-state index contributed by atoms with van der Waals surface area (Å²) in [6, 6.07) is 3.51. The van der Waals surface area contributed by atoms with Crippen molar-refractivity contribution in [3.8, 4) is 0 Å². The second-order valence-electron chi connectivity index (χ2n) is 4.89. The SMILES string of the molecule is Cc1cc(C(=O)NC2(C)COC2)n2nccc2n1. The molecule has 0 spiro atoms. The number of carbonyl (C=O) groups excluding carboxylic acids is 1. The summed E-state index contributed by atoms with van der Waals surface area (Å²) >= 11 is 0. The van der Waals surface area contributed by atoms with Gasteiger partial charge in [0.1, 0.15) is 5.69 Å². The van der Waals surface area contributed by atoms with Gasteiger partial charge in [0, 0.05) is 11.8 Å². The largest absolute Gasteiger partial charge is 0.376 e. The van der Waals surface area contributed by atoms with Crippen molar-refractivity contribution >= 4 is 11.6 Å². The summed E-state index contributed by atoms with van der Waals surface area (Å²) < 4.78 is 6.67. The Bertz CT molecular complexity index is 616. The van der Waals surface area contributed by atoms with Gasteiger partial charge in [0.25, 0.3) is 5.91 Å². The van der Waals surface area contributed by atoms with Crippen LogP contribution in [0.4, 0.5) is 0 Å². The molecule has 0 saturated carbocycles. The zero-order valence-corrected chi connectivity index (χ0v) is 10.3. The quantitative estimate of drug-likeness (QED) is 0.840. The van der Waals surface area contributed by atoms with Crippen LogP contribution in [0.2, 0.25) is 0 Å². The van der Waals surface area contributed by atoms with Crippen LogP contribution in [0.3, 0.4) is 0 Å². The molecule has 1 saturated heterocycles. The van der Waals surface area contributed by atoms with Crippen LogP contribution >= 0.6 is 0 Å². The Hall–Kier alpha value is -1.95. The normalized spacial score (nSPS) is 17.4. The number of nitrogens with zero attached hydrogens (tertiary/aromatic N) is 3. The van der Waals surface area contributed by atoms with E-state index in [0.29, 0.717) is 24.6 Å². The molecular formula is C12H14N4O2. The molecule has 6 heteroatoms. The van der Waals surface area contributed by atoms with E-state index in [1.807, 2.05) is 13.8 Å². The van der Waals surface area contributed by atoms with E-state index in [1.165, 1.54) is 0 Å². The van der Waals surface area contributed by atoms with Crippen molar-refractivity contribution in [2.24, 2.45) is 0 Å². The third-order valence-corrected chi connectivity index (χ3v) is 2.98. The maximum atomic E-state index is 12.3. The maximum Gasteiger partial charge on any atom is 0.270 e. The molecule has 3 rings (SSSR count). The van der Waals surface area contributed by atoms with E-state index in [4.69, 9.17) is 4.74 Å². The van der Waals surface area contributed by atoms with Crippen LogP contribution in [0, 0.1) is 6.92 Å². The molecular weight excluding hydrogens is 232 g/mol. The number of ether oxygens (including phenoxy) is 1. The van der Waals surface area contributed by atoms with Crippen molar-refractivity contribution in [3.05, 3.63) is 29.7 Å². The second-order valence-corrected chi connectivity index (χ2v) is 4.89. The Morgan fingerprint density at radius 1 is 1.56 bits per heavy atom. The monoisotopic (exact) mass is 246 g/mol. The molecule has 1 aliphatic rings. The van der Waals surface area contributed by atoms with Gasteiger partial charge < -0.3 is 10.1 Å². The Kier molecular flexibility index (Phi) is 2.34. The van der Waals surface area contributed by atoms with Crippen molar-refractivity contribution in [1.29, 1.82) is 0 Å². The Balaban J connectivity index is 1.97. The summed E-state index contributed by atoms with van der Waals surface area (Å²) in [5, 5.41) is 7.08. The molecule has 94 valence electrons. The molecule has 0 unspecified atom stereocenters. The average molecular weight is 246 g/mol. The minimum Gasteiger partial charge on any atom is -0.376 e. The lowest BCUT2D eigenvalue weighted by Crippen LogP contribution is -2.60. The van der Waals surface area contributed by atoms with Gasteiger partial charge in [0.05, 0.1) is 24.9 Å². The van der Waals surface area contributed by atoms with Crippen LogP contribution in [0.1, 0.15) is 23.1 Å². The third kappa shape index (κ3) is 1.74. The zero-order chi connectivity index (χ0) is 12.8. The Labute approximate surface area is 104 Å². The molecule has 2 aromatic rings. The first kappa shape index (κ1) is 11.2. The number of fused-ring (bicyclic) bond motifs is 1. The van der Waals surface area contributed by atoms with E-state index >= 15 is 0 Å². The fourth-order valence-electron chi connectivity index (χ4n) is 2.02. The topological polar surface area (TPSA) is 68.5 Å². The van der Waals surface area contributed by atoms with Crippen molar-refractivity contribution in [1.82, 2.24) is 19.9 Å². The van der Waals surface area contributed by atoms with Crippen LogP contribution in [0.15, 0.2) is 18.3 Å². The summed E-state index contributed by atoms with van der Waals surface area (Å²) in [7, 11) is 0. The highest BCUT2D eigenvalue weighted by Gasteiger charge is 2.35. The first-order valence-corrected chi connectivity index (χ1v) is 5.79. The number of aromatic nitrogens is 3. The van der Waals surface area contributed by atoms with E-state index in [1.54, 1.807) is 22.8 Å². The molecule has 0 bridgehead atoms. The smallest absolute Gasteiger partial charge is 0.270 e. The lowest BCUT2D eigenvalue weighted by molar-refractivity contribution is -0.0594. The van der Waals surface area contributed by atoms with E-state index in [0.717, 1.165) is 5.69 Å². The first-order chi connectivity index (χ1) is 8.57. The summed E-state index contributed by atoms with van der Waals surface area (Å²) in [5.41, 5.74) is 1.70. The molecule has 2 aromatic heterocycles. The molecule has 0 aliphatic carbocycles. The summed E-state index contributed by atoms with van der Waals surface area (Å²) in [4.78, 5) is 16.6. The van der Waals surface area contributed by atoms with Crippen LogP contribution in [-0.4, -0.2) is 39.3 Å². The van der Waals surface area contributed by atoms with Crippen molar-refractivity contribution in [3.63, 3.8) is 0 Å². The van der Waals surface area contributed by atoms with Gasteiger partial charge in [-0.25, -0.2) is 9.50 Å². The average Bonchev–Trinajstić information content (AvgIpc) is 2.73. The number of hydrogen-bond acceptors (Lipinski definition) is 4. The second kappa shape index (κ2) is 3.78. The van der Waals surface area contributed by atoms with E-state index in [2.05, 4.69) is 15.4 Å². The van der Waals surface area contributed by atoms with Crippen LogP contribution in [-0.2, 0) is 4.74 Å². The summed E-state index contributed by atoms with van der Waals surface area (Å²) in [6.07, 6.45) is 1.63. The Morgan fingerprint density at radius 2 is 2.33 bits per heavy atom. The van der Waals surface area contributed by atoms with Gasteiger partial charge in [-0.2, -0.15) is 5.10 Å². The highest BCUT2D eigenvalue weighted by molar-refractivity contribution is 5.93. The minimum atomic E-state index is -0.270. The van der Waals surface area contributed by atoms with Gasteiger partial charge in [-0.05, 0) is 19.9 Å². The van der Waals surface area contributed by atoms with Gasteiger partial charge in [-0.15, -0.1) is 0 Å². The van der Waals surface area contributed by atoms with E-state index in [-0.39, 0.29) is 11.4 Å². The minimum absolute atomic E-state index is 0.153. The summed E-state index contributed by atoms with van der Waals surface area (Å²) in [5.74, 6) is -0.153. The van der Waals surface area contributed by atoms with E-state index in [9.17, 15) is 4.79 Å². The predicted octanol–water partition coefficient (Wildman–Crippen LogP) is 0.556. The highest BCUT2D eigenvalue weighted by Crippen LogP contribution is 2.16. The zero-order valence-electron chi connectivity index (χ0n) is 10.3. The molecule has 0 radical (unpaired) electrons. The third-order valence-electron chi connectivity index (χ3n) is 2.98. The van der Waals surface area contributed by atoms with Crippen LogP contribution in [0.25, 0.3) is 5.65 Å². The molecule has 1 N–H and O–H groups in total. The molecule has 1 fully saturated rings. The lowest BCUT2D eigenvalue weighted by Gasteiger charge is -2.38. The number of aryl methyl sites for hydroxylation is 1. The maximum absolute atomic E-state index is 12.3. The van der Waals surface area contributed by atoms with Gasteiger partial charge in [0.15, 0.2) is 5.65 Å². The number of hydrogen-bond donors (Lipinski definition) is 1.